The van der Waals surface area contributed by atoms with E-state index in [1.54, 1.807) is 24.1 Å². The van der Waals surface area contributed by atoms with Gasteiger partial charge in [0.1, 0.15) is 5.69 Å². The van der Waals surface area contributed by atoms with Crippen LogP contribution in [0.25, 0.3) is 0 Å². The molecule has 1 N–H and O–H groups in total. The van der Waals surface area contributed by atoms with E-state index in [0.29, 0.717) is 30.9 Å². The number of anilines is 1. The van der Waals surface area contributed by atoms with E-state index in [1.807, 2.05) is 12.1 Å². The molecule has 1 aliphatic heterocycles. The quantitative estimate of drug-likeness (QED) is 0.450. The van der Waals surface area contributed by atoms with Gasteiger partial charge < -0.3 is 10.2 Å². The lowest BCUT2D eigenvalue weighted by Crippen LogP contribution is -2.32. The highest BCUT2D eigenvalue weighted by atomic mass is 32.2. The maximum absolute atomic E-state index is 13.1. The van der Waals surface area contributed by atoms with Crippen molar-refractivity contribution in [3.8, 4) is 0 Å². The molecule has 2 aromatic carbocycles. The van der Waals surface area contributed by atoms with Crippen molar-refractivity contribution in [2.24, 2.45) is 0 Å². The van der Waals surface area contributed by atoms with Crippen molar-refractivity contribution in [1.29, 1.82) is 0 Å². The zero-order valence-electron chi connectivity index (χ0n) is 19.3. The van der Waals surface area contributed by atoms with E-state index >= 15 is 0 Å². The molecule has 0 spiro atoms. The summed E-state index contributed by atoms with van der Waals surface area (Å²) in [6, 6.07) is 11.5. The van der Waals surface area contributed by atoms with Crippen LogP contribution in [0.4, 0.5) is 11.4 Å². The van der Waals surface area contributed by atoms with Crippen molar-refractivity contribution in [1.82, 2.24) is 9.62 Å². The largest absolute Gasteiger partial charge is 0.365 e. The highest BCUT2D eigenvalue weighted by Crippen LogP contribution is 2.32. The monoisotopic (exact) mass is 486 g/mol. The highest BCUT2D eigenvalue weighted by Gasteiger charge is 2.29. The highest BCUT2D eigenvalue weighted by molar-refractivity contribution is 7.89. The van der Waals surface area contributed by atoms with Gasteiger partial charge in [-0.25, -0.2) is 8.42 Å². The molecule has 1 aliphatic carbocycles. The number of hydrogen-bond donors (Lipinski definition) is 1. The van der Waals surface area contributed by atoms with Gasteiger partial charge in [-0.2, -0.15) is 4.31 Å². The summed E-state index contributed by atoms with van der Waals surface area (Å²) in [5.41, 5.74) is 1.53. The summed E-state index contributed by atoms with van der Waals surface area (Å²) in [6.07, 6.45) is 5.60. The Kier molecular flexibility index (Phi) is 7.18. The van der Waals surface area contributed by atoms with Gasteiger partial charge in [0.2, 0.25) is 10.0 Å². The average molecular weight is 487 g/mol. The van der Waals surface area contributed by atoms with Crippen molar-refractivity contribution in [3.63, 3.8) is 0 Å². The van der Waals surface area contributed by atoms with Gasteiger partial charge in [0.15, 0.2) is 0 Å². The van der Waals surface area contributed by atoms with E-state index in [-0.39, 0.29) is 22.5 Å². The zero-order valence-corrected chi connectivity index (χ0v) is 20.1. The molecule has 0 aromatic heterocycles. The van der Waals surface area contributed by atoms with E-state index < -0.39 is 14.9 Å². The molecule has 2 aromatic rings. The molecule has 9 nitrogen and oxygen atoms in total. The SMILES string of the molecule is CN(Cc1ccc(C(=O)NC2CC2)cc1)c1ccc(S(=O)(=O)N2CCCCCC2)cc1[N+](=O)[O-]. The van der Waals surface area contributed by atoms with Crippen LogP contribution >= 0.6 is 0 Å². The van der Waals surface area contributed by atoms with Crippen molar-refractivity contribution < 1.29 is 18.1 Å². The maximum atomic E-state index is 13.1. The first-order chi connectivity index (χ1) is 16.3. The number of nitrogens with one attached hydrogen (secondary N) is 1. The third-order valence-electron chi connectivity index (χ3n) is 6.31. The predicted octanol–water partition coefficient (Wildman–Crippen LogP) is 3.69. The number of hydrogen-bond acceptors (Lipinski definition) is 6. The lowest BCUT2D eigenvalue weighted by Gasteiger charge is -2.22. The van der Waals surface area contributed by atoms with Gasteiger partial charge in [0, 0.05) is 44.4 Å². The number of sulfonamides is 1. The predicted molar refractivity (Wildman–Crippen MR) is 129 cm³/mol. The van der Waals surface area contributed by atoms with Crippen LogP contribution < -0.4 is 10.2 Å². The van der Waals surface area contributed by atoms with Crippen molar-refractivity contribution >= 4 is 27.3 Å². The average Bonchev–Trinajstić information content (AvgIpc) is 3.66. The number of carbonyl (C=O) groups is 1. The Morgan fingerprint density at radius 3 is 2.32 bits per heavy atom. The third kappa shape index (κ3) is 5.56. The van der Waals surface area contributed by atoms with Gasteiger partial charge in [0.05, 0.1) is 9.82 Å². The lowest BCUT2D eigenvalue weighted by molar-refractivity contribution is -0.384. The summed E-state index contributed by atoms with van der Waals surface area (Å²) >= 11 is 0. The second-order valence-electron chi connectivity index (χ2n) is 9.03. The second kappa shape index (κ2) is 10.1. The molecule has 34 heavy (non-hydrogen) atoms. The van der Waals surface area contributed by atoms with Crippen LogP contribution in [-0.2, 0) is 16.6 Å². The van der Waals surface area contributed by atoms with Gasteiger partial charge in [-0.1, -0.05) is 25.0 Å². The van der Waals surface area contributed by atoms with Crippen LogP contribution in [0.15, 0.2) is 47.4 Å². The molecule has 4 rings (SSSR count). The van der Waals surface area contributed by atoms with E-state index in [0.717, 1.165) is 50.2 Å². The Hall–Kier alpha value is -2.98. The second-order valence-corrected chi connectivity index (χ2v) is 11.0. The minimum Gasteiger partial charge on any atom is -0.365 e. The molecule has 0 atom stereocenters. The molecule has 1 heterocycles. The fourth-order valence-electron chi connectivity index (χ4n) is 4.18. The van der Waals surface area contributed by atoms with Gasteiger partial charge in [-0.3, -0.25) is 14.9 Å². The number of benzene rings is 2. The number of amides is 1. The van der Waals surface area contributed by atoms with Crippen LogP contribution in [-0.4, -0.2) is 49.7 Å². The Morgan fingerprint density at radius 2 is 1.74 bits per heavy atom. The first-order valence-corrected chi connectivity index (χ1v) is 13.1. The Morgan fingerprint density at radius 1 is 1.09 bits per heavy atom. The summed E-state index contributed by atoms with van der Waals surface area (Å²) in [5, 5.41) is 14.8. The number of carbonyl (C=O) groups excluding carboxylic acids is 1. The molecular weight excluding hydrogens is 456 g/mol. The van der Waals surface area contributed by atoms with Crippen molar-refractivity contribution in [2.45, 2.75) is 56.0 Å². The molecule has 0 bridgehead atoms. The molecule has 0 unspecified atom stereocenters. The standard InChI is InChI=1S/C24H30N4O5S/c1-26(17-18-6-8-19(9-7-18)24(29)25-20-10-11-20)22-13-12-21(16-23(22)28(30)31)34(32,33)27-14-4-2-3-5-15-27/h6-9,12-13,16,20H,2-5,10-11,14-15,17H2,1H3,(H,25,29). The molecule has 1 saturated heterocycles. The van der Waals surface area contributed by atoms with E-state index in [4.69, 9.17) is 0 Å². The summed E-state index contributed by atoms with van der Waals surface area (Å²) < 4.78 is 27.6. The summed E-state index contributed by atoms with van der Waals surface area (Å²) in [7, 11) is -2.07. The number of nitrogens with zero attached hydrogens (tertiary/aromatic N) is 3. The molecule has 1 amide bonds. The molecule has 0 radical (unpaired) electrons. The first kappa shape index (κ1) is 24.2. The minimum atomic E-state index is -3.79. The normalized spacial score (nSPS) is 17.1. The van der Waals surface area contributed by atoms with Crippen molar-refractivity contribution in [3.05, 3.63) is 63.7 Å². The summed E-state index contributed by atoms with van der Waals surface area (Å²) in [6.45, 7) is 1.24. The Balaban J connectivity index is 1.51. The summed E-state index contributed by atoms with van der Waals surface area (Å²) in [5.74, 6) is -0.0979. The van der Waals surface area contributed by atoms with E-state index in [1.165, 1.54) is 16.4 Å². The molecule has 182 valence electrons. The fraction of sp³-hybridized carbons (Fsp3) is 0.458. The van der Waals surface area contributed by atoms with Crippen LogP contribution in [0.3, 0.4) is 0 Å². The first-order valence-electron chi connectivity index (χ1n) is 11.7. The molecular formula is C24H30N4O5S. The van der Waals surface area contributed by atoms with Crippen LogP contribution in [0.2, 0.25) is 0 Å². The van der Waals surface area contributed by atoms with Gasteiger partial charge in [-0.15, -0.1) is 0 Å². The third-order valence-corrected chi connectivity index (χ3v) is 8.20. The number of rotatable bonds is 8. The van der Waals surface area contributed by atoms with Gasteiger partial charge >= 0.3 is 0 Å². The lowest BCUT2D eigenvalue weighted by atomic mass is 10.1. The molecule has 1 saturated carbocycles. The molecule has 2 fully saturated rings. The van der Waals surface area contributed by atoms with Crippen LogP contribution in [0.5, 0.6) is 0 Å². The topological polar surface area (TPSA) is 113 Å². The molecule has 2 aliphatic rings. The zero-order chi connectivity index (χ0) is 24.3. The Bertz CT molecular complexity index is 1150. The van der Waals surface area contributed by atoms with Gasteiger partial charge in [0.25, 0.3) is 11.6 Å². The van der Waals surface area contributed by atoms with Gasteiger partial charge in [-0.05, 0) is 55.5 Å². The van der Waals surface area contributed by atoms with E-state index in [2.05, 4.69) is 5.32 Å². The molecule has 10 heteroatoms. The minimum absolute atomic E-state index is 0.0516. The van der Waals surface area contributed by atoms with Crippen molar-refractivity contribution in [2.75, 3.05) is 25.0 Å². The smallest absolute Gasteiger partial charge is 0.293 e. The maximum Gasteiger partial charge on any atom is 0.293 e. The number of nitro benzene ring substituents is 1. The summed E-state index contributed by atoms with van der Waals surface area (Å²) in [4.78, 5) is 25.1. The van der Waals surface area contributed by atoms with E-state index in [9.17, 15) is 23.3 Å². The van der Waals surface area contributed by atoms with Crippen LogP contribution in [0, 0.1) is 10.1 Å². The van der Waals surface area contributed by atoms with Crippen LogP contribution in [0.1, 0.15) is 54.4 Å². The Labute approximate surface area is 200 Å². The number of nitro groups is 1. The fourth-order valence-corrected chi connectivity index (χ4v) is 5.72.